The van der Waals surface area contributed by atoms with Crippen LogP contribution in [0.3, 0.4) is 0 Å². The highest BCUT2D eigenvalue weighted by Gasteiger charge is 2.34. The van der Waals surface area contributed by atoms with Gasteiger partial charge in [0, 0.05) is 25.0 Å². The van der Waals surface area contributed by atoms with E-state index in [0.29, 0.717) is 4.88 Å². The average Bonchev–Trinajstić information content (AvgIpc) is 2.96. The largest absolute Gasteiger partial charge is 0.481 e. The fourth-order valence-corrected chi connectivity index (χ4v) is 3.19. The van der Waals surface area contributed by atoms with Crippen LogP contribution in [0.25, 0.3) is 5.69 Å². The first-order valence-corrected chi connectivity index (χ1v) is 7.78. The summed E-state index contributed by atoms with van der Waals surface area (Å²) in [4.78, 5) is 25.9. The lowest BCUT2D eigenvalue weighted by atomic mass is 10.3. The third kappa shape index (κ3) is 3.00. The number of aliphatic carboxylic acids is 1. The van der Waals surface area contributed by atoms with Crippen molar-refractivity contribution in [1.29, 1.82) is 0 Å². The SMILES string of the molecule is O=C(O)CCN(C(=O)c1sccc1-n1cccc1)C1CC1. The van der Waals surface area contributed by atoms with Crippen LogP contribution >= 0.6 is 11.3 Å². The highest BCUT2D eigenvalue weighted by Crippen LogP contribution is 2.31. The first kappa shape index (κ1) is 13.9. The van der Waals surface area contributed by atoms with Gasteiger partial charge in [0.1, 0.15) is 4.88 Å². The number of rotatable bonds is 6. The summed E-state index contributed by atoms with van der Waals surface area (Å²) >= 11 is 1.40. The standard InChI is InChI=1S/C15H16N2O3S/c18-13(19)5-9-17(11-3-4-11)15(20)14-12(6-10-21-14)16-7-1-2-8-16/h1-2,6-8,10-11H,3-5,9H2,(H,18,19). The molecule has 1 fully saturated rings. The van der Waals surface area contributed by atoms with Gasteiger partial charge in [-0.2, -0.15) is 0 Å². The molecule has 0 bridgehead atoms. The number of carboxylic acids is 1. The maximum Gasteiger partial charge on any atom is 0.305 e. The average molecular weight is 304 g/mol. The summed E-state index contributed by atoms with van der Waals surface area (Å²) in [5.74, 6) is -0.928. The van der Waals surface area contributed by atoms with Gasteiger partial charge in [-0.3, -0.25) is 9.59 Å². The Balaban J connectivity index is 1.83. The van der Waals surface area contributed by atoms with Crippen molar-refractivity contribution in [3.63, 3.8) is 0 Å². The first-order chi connectivity index (χ1) is 10.2. The van der Waals surface area contributed by atoms with Gasteiger partial charge in [-0.05, 0) is 36.4 Å². The van der Waals surface area contributed by atoms with Crippen molar-refractivity contribution in [3.8, 4) is 5.69 Å². The van der Waals surface area contributed by atoms with Gasteiger partial charge in [0.25, 0.3) is 5.91 Å². The van der Waals surface area contributed by atoms with Crippen molar-refractivity contribution in [3.05, 3.63) is 40.8 Å². The van der Waals surface area contributed by atoms with E-state index in [4.69, 9.17) is 5.11 Å². The molecule has 5 nitrogen and oxygen atoms in total. The fraction of sp³-hybridized carbons (Fsp3) is 0.333. The smallest absolute Gasteiger partial charge is 0.305 e. The number of carbonyl (C=O) groups excluding carboxylic acids is 1. The quantitative estimate of drug-likeness (QED) is 0.892. The summed E-state index contributed by atoms with van der Waals surface area (Å²) in [7, 11) is 0. The Hall–Kier alpha value is -2.08. The Morgan fingerprint density at radius 3 is 2.67 bits per heavy atom. The number of hydrogen-bond donors (Lipinski definition) is 1. The van der Waals surface area contributed by atoms with Crippen LogP contribution in [0.2, 0.25) is 0 Å². The molecule has 0 unspecified atom stereocenters. The number of hydrogen-bond acceptors (Lipinski definition) is 3. The van der Waals surface area contributed by atoms with Gasteiger partial charge in [-0.25, -0.2) is 0 Å². The normalized spacial score (nSPS) is 14.1. The van der Waals surface area contributed by atoms with Crippen LogP contribution in [0.5, 0.6) is 0 Å². The van der Waals surface area contributed by atoms with E-state index >= 15 is 0 Å². The van der Waals surface area contributed by atoms with Gasteiger partial charge in [-0.15, -0.1) is 11.3 Å². The maximum absolute atomic E-state index is 12.7. The lowest BCUT2D eigenvalue weighted by Gasteiger charge is -2.21. The number of aromatic nitrogens is 1. The minimum Gasteiger partial charge on any atom is -0.481 e. The minimum atomic E-state index is -0.870. The van der Waals surface area contributed by atoms with E-state index in [1.807, 2.05) is 40.5 Å². The van der Waals surface area contributed by atoms with Crippen LogP contribution in [0.15, 0.2) is 36.0 Å². The topological polar surface area (TPSA) is 62.5 Å². The molecule has 3 rings (SSSR count). The van der Waals surface area contributed by atoms with Crippen LogP contribution in [0, 0.1) is 0 Å². The maximum atomic E-state index is 12.7. The molecule has 0 radical (unpaired) electrons. The number of nitrogens with zero attached hydrogens (tertiary/aromatic N) is 2. The van der Waals surface area contributed by atoms with Crippen LogP contribution < -0.4 is 0 Å². The Bertz CT molecular complexity index is 644. The van der Waals surface area contributed by atoms with E-state index in [9.17, 15) is 9.59 Å². The van der Waals surface area contributed by atoms with E-state index in [-0.39, 0.29) is 24.9 Å². The molecule has 6 heteroatoms. The molecule has 1 amide bonds. The van der Waals surface area contributed by atoms with Crippen LogP contribution in [0.4, 0.5) is 0 Å². The van der Waals surface area contributed by atoms with E-state index in [1.54, 1.807) is 4.90 Å². The summed E-state index contributed by atoms with van der Waals surface area (Å²) in [5.41, 5.74) is 0.857. The van der Waals surface area contributed by atoms with Crippen molar-refractivity contribution < 1.29 is 14.7 Å². The van der Waals surface area contributed by atoms with Crippen molar-refractivity contribution in [2.24, 2.45) is 0 Å². The molecule has 110 valence electrons. The van der Waals surface area contributed by atoms with Crippen LogP contribution in [-0.4, -0.2) is 39.0 Å². The molecule has 0 saturated heterocycles. The number of thiophene rings is 1. The van der Waals surface area contributed by atoms with E-state index in [2.05, 4.69) is 0 Å². The second-order valence-corrected chi connectivity index (χ2v) is 6.01. The van der Waals surface area contributed by atoms with Gasteiger partial charge in [0.05, 0.1) is 12.1 Å². The second-order valence-electron chi connectivity index (χ2n) is 5.10. The molecule has 2 aromatic rings. The van der Waals surface area contributed by atoms with Crippen molar-refractivity contribution in [2.75, 3.05) is 6.54 Å². The first-order valence-electron chi connectivity index (χ1n) is 6.90. The van der Waals surface area contributed by atoms with Crippen LogP contribution in [-0.2, 0) is 4.79 Å². The zero-order valence-electron chi connectivity index (χ0n) is 11.4. The predicted molar refractivity (Wildman–Crippen MR) is 80.0 cm³/mol. The number of carbonyl (C=O) groups is 2. The molecule has 2 aromatic heterocycles. The minimum absolute atomic E-state index is 0.00747. The third-order valence-electron chi connectivity index (χ3n) is 3.54. The lowest BCUT2D eigenvalue weighted by Crippen LogP contribution is -2.35. The molecule has 0 aliphatic heterocycles. The molecule has 1 aliphatic rings. The molecule has 0 aromatic carbocycles. The van der Waals surface area contributed by atoms with Crippen molar-refractivity contribution >= 4 is 23.2 Å². The number of amides is 1. The van der Waals surface area contributed by atoms with Gasteiger partial charge >= 0.3 is 5.97 Å². The summed E-state index contributed by atoms with van der Waals surface area (Å²) in [5, 5.41) is 10.7. The molecule has 2 heterocycles. The highest BCUT2D eigenvalue weighted by molar-refractivity contribution is 7.12. The molecule has 1 saturated carbocycles. The molecular weight excluding hydrogens is 288 g/mol. The number of carboxylic acid groups (broad SMARTS) is 1. The monoisotopic (exact) mass is 304 g/mol. The van der Waals surface area contributed by atoms with E-state index in [0.717, 1.165) is 18.5 Å². The van der Waals surface area contributed by atoms with Crippen molar-refractivity contribution in [2.45, 2.75) is 25.3 Å². The summed E-state index contributed by atoms with van der Waals surface area (Å²) in [6.07, 6.45) is 5.73. The van der Waals surface area contributed by atoms with E-state index < -0.39 is 5.97 Å². The molecule has 21 heavy (non-hydrogen) atoms. The second kappa shape index (κ2) is 5.73. The third-order valence-corrected chi connectivity index (χ3v) is 4.43. The summed E-state index contributed by atoms with van der Waals surface area (Å²) in [6, 6.07) is 5.95. The molecule has 1 N–H and O–H groups in total. The van der Waals surface area contributed by atoms with Gasteiger partial charge in [0.2, 0.25) is 0 Å². The Labute approximate surface area is 126 Å². The summed E-state index contributed by atoms with van der Waals surface area (Å²) < 4.78 is 1.91. The van der Waals surface area contributed by atoms with Gasteiger partial charge < -0.3 is 14.6 Å². The Morgan fingerprint density at radius 1 is 1.33 bits per heavy atom. The predicted octanol–water partition coefficient (Wildman–Crippen LogP) is 2.62. The van der Waals surface area contributed by atoms with Gasteiger partial charge in [0.15, 0.2) is 0 Å². The molecular formula is C15H16N2O3S. The van der Waals surface area contributed by atoms with Gasteiger partial charge in [-0.1, -0.05) is 0 Å². The Kier molecular flexibility index (Phi) is 3.79. The lowest BCUT2D eigenvalue weighted by molar-refractivity contribution is -0.137. The van der Waals surface area contributed by atoms with Crippen LogP contribution in [0.1, 0.15) is 28.9 Å². The Morgan fingerprint density at radius 2 is 2.05 bits per heavy atom. The van der Waals surface area contributed by atoms with E-state index in [1.165, 1.54) is 11.3 Å². The molecule has 1 aliphatic carbocycles. The zero-order valence-corrected chi connectivity index (χ0v) is 12.3. The van der Waals surface area contributed by atoms with Crippen molar-refractivity contribution in [1.82, 2.24) is 9.47 Å². The highest BCUT2D eigenvalue weighted by atomic mass is 32.1. The molecule has 0 atom stereocenters. The summed E-state index contributed by atoms with van der Waals surface area (Å²) in [6.45, 7) is 0.280. The molecule has 0 spiro atoms. The fourth-order valence-electron chi connectivity index (χ4n) is 2.34. The zero-order chi connectivity index (χ0) is 14.8.